The van der Waals surface area contributed by atoms with Gasteiger partial charge in [-0.1, -0.05) is 55.7 Å². The second-order valence-electron chi connectivity index (χ2n) is 15.6. The van der Waals surface area contributed by atoms with E-state index in [0.717, 1.165) is 71.4 Å². The van der Waals surface area contributed by atoms with Gasteiger partial charge in [-0.2, -0.15) is 0 Å². The van der Waals surface area contributed by atoms with E-state index in [1.807, 2.05) is 36.4 Å². The molecule has 9 nitrogen and oxygen atoms in total. The number of aromatic nitrogens is 1. The van der Waals surface area contributed by atoms with Gasteiger partial charge in [0, 0.05) is 54.1 Å². The lowest BCUT2D eigenvalue weighted by molar-refractivity contribution is -0.143. The highest BCUT2D eigenvalue weighted by atomic mass is 32.2. The van der Waals surface area contributed by atoms with E-state index in [4.69, 9.17) is 4.74 Å². The van der Waals surface area contributed by atoms with Crippen LogP contribution >= 0.6 is 0 Å². The Balaban J connectivity index is 1.21. The Morgan fingerprint density at radius 3 is 2.45 bits per heavy atom. The second-order valence-corrected chi connectivity index (χ2v) is 17.6. The average Bonchev–Trinajstić information content (AvgIpc) is 4.08. The van der Waals surface area contributed by atoms with Crippen LogP contribution in [0.3, 0.4) is 0 Å². The standard InChI is InChI=1S/C41H46N4O5S/c1-43-19-20-44(36(24-43)26-9-5-3-6-10-26)40(47)41-23-34(41)33-22-29(50-2)14-18-31(33)38-37(27-11-7-4-8-12-27)32-17-13-28(21-35(32)45(38)25-41)39(46)42-51(48,49)30-15-16-30/h3,5-6,9-10,13-14,17-18,21-22,27,30,34,36H,4,7-8,11-12,15-16,19-20,23-25H2,1-2H3,(H,42,46). The SMILES string of the molecule is COc1ccc2c(c1)C1CC1(C(=O)N1CCN(C)CC1c1ccccc1)Cn1c-2c(C2CCCCC2)c2ccc(C(=O)NS(=O)(=O)C3CC3)cc21. The number of nitrogens with zero attached hydrogens (tertiary/aromatic N) is 3. The Morgan fingerprint density at radius 2 is 1.71 bits per heavy atom. The Bertz CT molecular complexity index is 2150. The number of amides is 2. The third-order valence-electron chi connectivity index (χ3n) is 12.4. The number of hydrogen-bond acceptors (Lipinski definition) is 6. The molecule has 2 amide bonds. The first-order chi connectivity index (χ1) is 24.7. The molecule has 3 atom stereocenters. The Hall–Kier alpha value is -4.15. The van der Waals surface area contributed by atoms with E-state index in [9.17, 15) is 13.2 Å². The quantitative estimate of drug-likeness (QED) is 0.233. The second kappa shape index (κ2) is 12.2. The van der Waals surface area contributed by atoms with Gasteiger partial charge in [-0.05, 0) is 92.1 Å². The van der Waals surface area contributed by atoms with Crippen molar-refractivity contribution in [2.75, 3.05) is 33.8 Å². The molecule has 1 aromatic heterocycles. The number of piperazine rings is 1. The number of nitrogens with one attached hydrogen (secondary N) is 1. The number of hydrogen-bond donors (Lipinski definition) is 1. The van der Waals surface area contributed by atoms with E-state index < -0.39 is 26.6 Å². The number of carbonyl (C=O) groups excluding carboxylic acids is 2. The molecule has 3 aromatic carbocycles. The minimum Gasteiger partial charge on any atom is -0.497 e. The van der Waals surface area contributed by atoms with Crippen LogP contribution in [0.5, 0.6) is 5.75 Å². The average molecular weight is 707 g/mol. The third kappa shape index (κ3) is 5.48. The molecule has 0 radical (unpaired) electrons. The van der Waals surface area contributed by atoms with Crippen molar-refractivity contribution >= 4 is 32.7 Å². The van der Waals surface area contributed by atoms with Crippen LogP contribution in [0.25, 0.3) is 22.2 Å². The first kappa shape index (κ1) is 32.7. The Kier molecular flexibility index (Phi) is 7.85. The van der Waals surface area contributed by atoms with Gasteiger partial charge < -0.3 is 19.1 Å². The maximum Gasteiger partial charge on any atom is 0.264 e. The van der Waals surface area contributed by atoms with Gasteiger partial charge in [-0.15, -0.1) is 0 Å². The molecule has 3 heterocycles. The van der Waals surface area contributed by atoms with Crippen LogP contribution in [-0.4, -0.2) is 73.6 Å². The summed E-state index contributed by atoms with van der Waals surface area (Å²) < 4.78 is 36.0. The fourth-order valence-electron chi connectivity index (χ4n) is 9.48. The fraction of sp³-hybridized carbons (Fsp3) is 0.463. The molecule has 266 valence electrons. The summed E-state index contributed by atoms with van der Waals surface area (Å²) in [6.45, 7) is 2.73. The van der Waals surface area contributed by atoms with Crippen LogP contribution in [-0.2, 0) is 21.4 Å². The highest BCUT2D eigenvalue weighted by Crippen LogP contribution is 2.66. The highest BCUT2D eigenvalue weighted by molar-refractivity contribution is 7.91. The lowest BCUT2D eigenvalue weighted by atomic mass is 9.81. The van der Waals surface area contributed by atoms with E-state index >= 15 is 4.79 Å². The number of fused-ring (bicyclic) bond motifs is 7. The van der Waals surface area contributed by atoms with Crippen LogP contribution in [0, 0.1) is 5.41 Å². The molecule has 1 saturated heterocycles. The number of likely N-dealkylation sites (N-methyl/N-ethyl adjacent to an activating group) is 1. The third-order valence-corrected chi connectivity index (χ3v) is 14.3. The zero-order valence-corrected chi connectivity index (χ0v) is 30.3. The molecule has 10 heteroatoms. The maximum absolute atomic E-state index is 15.3. The number of methoxy groups -OCH3 is 1. The van der Waals surface area contributed by atoms with Crippen LogP contribution in [0.4, 0.5) is 0 Å². The summed E-state index contributed by atoms with van der Waals surface area (Å²) in [6.07, 6.45) is 7.64. The first-order valence-corrected chi connectivity index (χ1v) is 20.2. The molecule has 0 bridgehead atoms. The Labute approximate surface area is 300 Å². The van der Waals surface area contributed by atoms with Crippen molar-refractivity contribution in [2.24, 2.45) is 5.41 Å². The highest BCUT2D eigenvalue weighted by Gasteiger charge is 2.64. The van der Waals surface area contributed by atoms with Gasteiger partial charge in [0.15, 0.2) is 0 Å². The van der Waals surface area contributed by atoms with Gasteiger partial charge in [0.2, 0.25) is 15.9 Å². The van der Waals surface area contributed by atoms with Crippen LogP contribution < -0.4 is 9.46 Å². The molecule has 0 spiro atoms. The Morgan fingerprint density at radius 1 is 0.922 bits per heavy atom. The summed E-state index contributed by atoms with van der Waals surface area (Å²) in [5, 5.41) is 0.594. The van der Waals surface area contributed by atoms with Crippen molar-refractivity contribution in [2.45, 2.75) is 81.0 Å². The van der Waals surface area contributed by atoms with Crippen molar-refractivity contribution in [3.8, 4) is 17.0 Å². The number of ether oxygens (including phenoxy) is 1. The van der Waals surface area contributed by atoms with Crippen molar-refractivity contribution in [1.29, 1.82) is 0 Å². The van der Waals surface area contributed by atoms with Crippen molar-refractivity contribution in [3.05, 3.63) is 89.0 Å². The molecule has 1 N–H and O–H groups in total. The van der Waals surface area contributed by atoms with Gasteiger partial charge in [0.25, 0.3) is 5.91 Å². The fourth-order valence-corrected chi connectivity index (χ4v) is 10.8. The predicted octanol–water partition coefficient (Wildman–Crippen LogP) is 6.59. The molecule has 5 aliphatic rings. The van der Waals surface area contributed by atoms with Gasteiger partial charge in [0.1, 0.15) is 5.75 Å². The molecular weight excluding hydrogens is 661 g/mol. The predicted molar refractivity (Wildman–Crippen MR) is 197 cm³/mol. The number of carbonyl (C=O) groups is 2. The summed E-state index contributed by atoms with van der Waals surface area (Å²) in [6, 6.07) is 22.3. The van der Waals surface area contributed by atoms with E-state index in [-0.39, 0.29) is 17.9 Å². The van der Waals surface area contributed by atoms with E-state index in [1.54, 1.807) is 13.2 Å². The number of rotatable bonds is 7. The monoisotopic (exact) mass is 706 g/mol. The van der Waals surface area contributed by atoms with Gasteiger partial charge in [0.05, 0.1) is 29.5 Å². The molecule has 3 aliphatic carbocycles. The first-order valence-electron chi connectivity index (χ1n) is 18.6. The van der Waals surface area contributed by atoms with E-state index in [1.165, 1.54) is 24.8 Å². The van der Waals surface area contributed by atoms with Gasteiger partial charge in [-0.3, -0.25) is 9.59 Å². The molecule has 4 aromatic rings. The molecule has 3 unspecified atom stereocenters. The number of sulfonamides is 1. The van der Waals surface area contributed by atoms with Crippen molar-refractivity contribution in [1.82, 2.24) is 19.1 Å². The zero-order valence-electron chi connectivity index (χ0n) is 29.4. The summed E-state index contributed by atoms with van der Waals surface area (Å²) in [7, 11) is 0.108. The summed E-state index contributed by atoms with van der Waals surface area (Å²) in [4.78, 5) is 33.3. The lowest BCUT2D eigenvalue weighted by Gasteiger charge is -2.42. The molecule has 4 fully saturated rings. The minimum atomic E-state index is -3.71. The maximum atomic E-state index is 15.3. The largest absolute Gasteiger partial charge is 0.497 e. The normalized spacial score (nSPS) is 25.0. The molecular formula is C41H46N4O5S. The molecule has 51 heavy (non-hydrogen) atoms. The summed E-state index contributed by atoms with van der Waals surface area (Å²) in [5.41, 5.74) is 6.39. The smallest absolute Gasteiger partial charge is 0.264 e. The van der Waals surface area contributed by atoms with Crippen molar-refractivity contribution < 1.29 is 22.7 Å². The van der Waals surface area contributed by atoms with Crippen molar-refractivity contribution in [3.63, 3.8) is 0 Å². The minimum absolute atomic E-state index is 0.0236. The summed E-state index contributed by atoms with van der Waals surface area (Å²) >= 11 is 0. The van der Waals surface area contributed by atoms with Gasteiger partial charge >= 0.3 is 0 Å². The summed E-state index contributed by atoms with van der Waals surface area (Å²) in [5.74, 6) is 0.736. The topological polar surface area (TPSA) is 101 Å². The van der Waals surface area contributed by atoms with Crippen LogP contribution in [0.15, 0.2) is 66.7 Å². The molecule has 9 rings (SSSR count). The van der Waals surface area contributed by atoms with Gasteiger partial charge in [-0.25, -0.2) is 13.1 Å². The van der Waals surface area contributed by atoms with E-state index in [0.29, 0.717) is 37.4 Å². The van der Waals surface area contributed by atoms with Crippen LogP contribution in [0.2, 0.25) is 0 Å². The van der Waals surface area contributed by atoms with Crippen LogP contribution in [0.1, 0.15) is 96.3 Å². The molecule has 2 aliphatic heterocycles. The molecule has 3 saturated carbocycles. The zero-order chi connectivity index (χ0) is 35.1. The van der Waals surface area contributed by atoms with E-state index in [2.05, 4.69) is 50.4 Å². The number of benzene rings is 3. The lowest BCUT2D eigenvalue weighted by Crippen LogP contribution is -2.52.